The zero-order chi connectivity index (χ0) is 14.1. The van der Waals surface area contributed by atoms with Crippen LogP contribution < -0.4 is 14.8 Å². The normalized spacial score (nSPS) is 12.6. The van der Waals surface area contributed by atoms with Gasteiger partial charge in [-0.25, -0.2) is 13.2 Å². The molecule has 2 aromatic rings. The van der Waals surface area contributed by atoms with Crippen molar-refractivity contribution in [3.05, 3.63) is 53.3 Å². The molecule has 0 radical (unpaired) electrons. The van der Waals surface area contributed by atoms with Gasteiger partial charge < -0.3 is 14.8 Å². The summed E-state index contributed by atoms with van der Waals surface area (Å²) in [6.45, 7) is 0.420. The number of hydrogen-bond donors (Lipinski definition) is 1. The fraction of sp³-hybridized carbons (Fsp3) is 0.143. The SMILES string of the molecule is Fc1cc(NCc2cccc3c2OCO3)cc(F)c1F. The lowest BCUT2D eigenvalue weighted by Gasteiger charge is -2.09. The smallest absolute Gasteiger partial charge is 0.231 e. The van der Waals surface area contributed by atoms with E-state index in [0.29, 0.717) is 11.5 Å². The van der Waals surface area contributed by atoms with E-state index < -0.39 is 17.5 Å². The van der Waals surface area contributed by atoms with Crippen LogP contribution in [0, 0.1) is 17.5 Å². The molecule has 0 spiro atoms. The lowest BCUT2D eigenvalue weighted by atomic mass is 10.2. The van der Waals surface area contributed by atoms with Gasteiger partial charge in [0, 0.05) is 29.9 Å². The summed E-state index contributed by atoms with van der Waals surface area (Å²) in [5, 5.41) is 2.82. The summed E-state index contributed by atoms with van der Waals surface area (Å²) in [5.41, 5.74) is 0.933. The van der Waals surface area contributed by atoms with Crippen LogP contribution in [-0.2, 0) is 6.54 Å². The van der Waals surface area contributed by atoms with Crippen molar-refractivity contribution in [2.75, 3.05) is 12.1 Å². The topological polar surface area (TPSA) is 30.5 Å². The Bertz CT molecular complexity index is 638. The van der Waals surface area contributed by atoms with Gasteiger partial charge in [-0.15, -0.1) is 0 Å². The number of benzene rings is 2. The summed E-state index contributed by atoms with van der Waals surface area (Å²) in [5.74, 6) is -2.72. The second-order valence-corrected chi connectivity index (χ2v) is 4.26. The van der Waals surface area contributed by atoms with Crippen molar-refractivity contribution < 1.29 is 22.6 Å². The maximum Gasteiger partial charge on any atom is 0.231 e. The molecule has 6 heteroatoms. The molecule has 20 heavy (non-hydrogen) atoms. The van der Waals surface area contributed by atoms with E-state index in [0.717, 1.165) is 17.7 Å². The van der Waals surface area contributed by atoms with Crippen LogP contribution in [0.2, 0.25) is 0 Å². The molecule has 3 rings (SSSR count). The van der Waals surface area contributed by atoms with Gasteiger partial charge in [0.05, 0.1) is 0 Å². The largest absolute Gasteiger partial charge is 0.454 e. The van der Waals surface area contributed by atoms with Crippen LogP contribution in [0.15, 0.2) is 30.3 Å². The molecule has 2 aromatic carbocycles. The van der Waals surface area contributed by atoms with Crippen molar-refractivity contribution in [1.29, 1.82) is 0 Å². The first-order chi connectivity index (χ1) is 9.65. The number of rotatable bonds is 3. The Morgan fingerprint density at radius 1 is 1.05 bits per heavy atom. The van der Waals surface area contributed by atoms with Crippen molar-refractivity contribution in [2.24, 2.45) is 0 Å². The number of ether oxygens (including phenoxy) is 2. The monoisotopic (exact) mass is 281 g/mol. The van der Waals surface area contributed by atoms with Gasteiger partial charge in [0.1, 0.15) is 0 Å². The Labute approximate surface area is 112 Å². The minimum atomic E-state index is -1.48. The van der Waals surface area contributed by atoms with Gasteiger partial charge in [0.2, 0.25) is 6.79 Å². The third kappa shape index (κ3) is 2.24. The van der Waals surface area contributed by atoms with Gasteiger partial charge in [-0.2, -0.15) is 0 Å². The average molecular weight is 281 g/mol. The van der Waals surface area contributed by atoms with Crippen LogP contribution in [0.4, 0.5) is 18.9 Å². The Kier molecular flexibility index (Phi) is 3.14. The molecule has 0 saturated heterocycles. The fourth-order valence-corrected chi connectivity index (χ4v) is 1.98. The highest BCUT2D eigenvalue weighted by atomic mass is 19.2. The molecule has 0 atom stereocenters. The van der Waals surface area contributed by atoms with Crippen molar-refractivity contribution >= 4 is 5.69 Å². The Hall–Kier alpha value is -2.37. The predicted molar refractivity (Wildman–Crippen MR) is 66.2 cm³/mol. The first kappa shape index (κ1) is 12.7. The Balaban J connectivity index is 1.79. The number of nitrogens with one attached hydrogen (secondary N) is 1. The van der Waals surface area contributed by atoms with Crippen molar-refractivity contribution in [3.63, 3.8) is 0 Å². The molecule has 0 unspecified atom stereocenters. The van der Waals surface area contributed by atoms with E-state index in [2.05, 4.69) is 5.32 Å². The summed E-state index contributed by atoms with van der Waals surface area (Å²) in [4.78, 5) is 0. The predicted octanol–water partition coefficient (Wildman–Crippen LogP) is 3.44. The molecule has 1 heterocycles. The third-order valence-corrected chi connectivity index (χ3v) is 2.94. The fourth-order valence-electron chi connectivity index (χ4n) is 1.98. The van der Waals surface area contributed by atoms with E-state index in [4.69, 9.17) is 9.47 Å². The number of anilines is 1. The molecular weight excluding hydrogens is 271 g/mol. The van der Waals surface area contributed by atoms with Crippen LogP contribution in [0.1, 0.15) is 5.56 Å². The summed E-state index contributed by atoms with van der Waals surface area (Å²) in [6, 6.07) is 7.16. The van der Waals surface area contributed by atoms with E-state index in [1.165, 1.54) is 0 Å². The molecule has 0 amide bonds. The minimum Gasteiger partial charge on any atom is -0.454 e. The van der Waals surface area contributed by atoms with E-state index in [1.54, 1.807) is 18.2 Å². The standard InChI is InChI=1S/C14H10F3NO2/c15-10-4-9(5-11(16)13(10)17)18-6-8-2-1-3-12-14(8)20-7-19-12/h1-5,18H,6-7H2. The second-order valence-electron chi connectivity index (χ2n) is 4.26. The van der Waals surface area contributed by atoms with E-state index in [9.17, 15) is 13.2 Å². The summed E-state index contributed by atoms with van der Waals surface area (Å²) < 4.78 is 49.6. The molecule has 0 bridgehead atoms. The maximum atomic E-state index is 13.1. The zero-order valence-corrected chi connectivity index (χ0v) is 10.3. The molecule has 3 nitrogen and oxygen atoms in total. The summed E-state index contributed by atoms with van der Waals surface area (Å²) in [7, 11) is 0. The highest BCUT2D eigenvalue weighted by Crippen LogP contribution is 2.35. The average Bonchev–Trinajstić information content (AvgIpc) is 2.91. The molecule has 0 fully saturated rings. The van der Waals surface area contributed by atoms with E-state index in [-0.39, 0.29) is 19.0 Å². The maximum absolute atomic E-state index is 13.1. The highest BCUT2D eigenvalue weighted by molar-refractivity contribution is 5.51. The van der Waals surface area contributed by atoms with Crippen LogP contribution in [-0.4, -0.2) is 6.79 Å². The molecular formula is C14H10F3NO2. The summed E-state index contributed by atoms with van der Waals surface area (Å²) >= 11 is 0. The van der Waals surface area contributed by atoms with Gasteiger partial charge in [0.25, 0.3) is 0 Å². The number of hydrogen-bond acceptors (Lipinski definition) is 3. The lowest BCUT2D eigenvalue weighted by molar-refractivity contribution is 0.173. The number of halogens is 3. The first-order valence-electron chi connectivity index (χ1n) is 5.91. The molecule has 1 N–H and O–H groups in total. The van der Waals surface area contributed by atoms with Crippen LogP contribution in [0.25, 0.3) is 0 Å². The van der Waals surface area contributed by atoms with Crippen molar-refractivity contribution in [1.82, 2.24) is 0 Å². The molecule has 0 aromatic heterocycles. The van der Waals surface area contributed by atoms with Crippen molar-refractivity contribution in [2.45, 2.75) is 6.54 Å². The van der Waals surface area contributed by atoms with Crippen LogP contribution >= 0.6 is 0 Å². The summed E-state index contributed by atoms with van der Waals surface area (Å²) in [6.07, 6.45) is 0. The van der Waals surface area contributed by atoms with Gasteiger partial charge in [0.15, 0.2) is 29.0 Å². The highest BCUT2D eigenvalue weighted by Gasteiger charge is 2.17. The van der Waals surface area contributed by atoms with E-state index >= 15 is 0 Å². The molecule has 1 aliphatic rings. The van der Waals surface area contributed by atoms with Crippen molar-refractivity contribution in [3.8, 4) is 11.5 Å². The molecule has 0 aliphatic carbocycles. The number of para-hydroxylation sites is 1. The third-order valence-electron chi connectivity index (χ3n) is 2.94. The quantitative estimate of drug-likeness (QED) is 0.874. The lowest BCUT2D eigenvalue weighted by Crippen LogP contribution is -2.03. The Morgan fingerprint density at radius 3 is 2.55 bits per heavy atom. The van der Waals surface area contributed by atoms with Gasteiger partial charge in [-0.05, 0) is 6.07 Å². The molecule has 0 saturated carbocycles. The Morgan fingerprint density at radius 2 is 1.80 bits per heavy atom. The second kappa shape index (κ2) is 4.96. The van der Waals surface area contributed by atoms with Gasteiger partial charge in [-0.1, -0.05) is 12.1 Å². The zero-order valence-electron chi connectivity index (χ0n) is 10.3. The van der Waals surface area contributed by atoms with Crippen LogP contribution in [0.3, 0.4) is 0 Å². The van der Waals surface area contributed by atoms with Gasteiger partial charge >= 0.3 is 0 Å². The van der Waals surface area contributed by atoms with Crippen LogP contribution in [0.5, 0.6) is 11.5 Å². The first-order valence-corrected chi connectivity index (χ1v) is 5.91. The number of fused-ring (bicyclic) bond motifs is 1. The van der Waals surface area contributed by atoms with E-state index in [1.807, 2.05) is 0 Å². The minimum absolute atomic E-state index is 0.145. The molecule has 104 valence electrons. The molecule has 1 aliphatic heterocycles. The van der Waals surface area contributed by atoms with Gasteiger partial charge in [-0.3, -0.25) is 0 Å².